The molecule has 0 aliphatic heterocycles. The molecule has 1 heterocycles. The lowest BCUT2D eigenvalue weighted by Gasteiger charge is -2.26. The SMILES string of the molecule is CC(C)(C)c1cc(-c2cccs2)cc(C(C)(C)C)c1. The van der Waals surface area contributed by atoms with E-state index in [2.05, 4.69) is 77.3 Å². The topological polar surface area (TPSA) is 0 Å². The molecule has 0 aliphatic rings. The molecule has 19 heavy (non-hydrogen) atoms. The first-order valence-electron chi connectivity index (χ1n) is 6.88. The molecular formula is C18H24S. The van der Waals surface area contributed by atoms with E-state index in [0.717, 1.165) is 0 Å². The van der Waals surface area contributed by atoms with Crippen LogP contribution in [0.4, 0.5) is 0 Å². The lowest BCUT2D eigenvalue weighted by Crippen LogP contribution is -2.16. The lowest BCUT2D eigenvalue weighted by atomic mass is 9.79. The van der Waals surface area contributed by atoms with Crippen molar-refractivity contribution >= 4 is 11.3 Å². The van der Waals surface area contributed by atoms with Crippen LogP contribution in [-0.2, 0) is 10.8 Å². The first-order valence-corrected chi connectivity index (χ1v) is 7.76. The number of hydrogen-bond donors (Lipinski definition) is 0. The van der Waals surface area contributed by atoms with Crippen LogP contribution in [0, 0.1) is 0 Å². The van der Waals surface area contributed by atoms with Crippen LogP contribution >= 0.6 is 11.3 Å². The second-order valence-electron chi connectivity index (χ2n) is 7.28. The predicted molar refractivity (Wildman–Crippen MR) is 87.2 cm³/mol. The minimum absolute atomic E-state index is 0.188. The van der Waals surface area contributed by atoms with Gasteiger partial charge in [-0.05, 0) is 51.1 Å². The quantitative estimate of drug-likeness (QED) is 0.596. The smallest absolute Gasteiger partial charge is 0.0342 e. The van der Waals surface area contributed by atoms with Crippen molar-refractivity contribution in [2.24, 2.45) is 0 Å². The van der Waals surface area contributed by atoms with Gasteiger partial charge in [-0.25, -0.2) is 0 Å². The van der Waals surface area contributed by atoms with Crippen molar-refractivity contribution in [1.29, 1.82) is 0 Å². The van der Waals surface area contributed by atoms with Crippen LogP contribution in [0.1, 0.15) is 52.7 Å². The average Bonchev–Trinajstić information content (AvgIpc) is 2.79. The molecule has 0 saturated heterocycles. The summed E-state index contributed by atoms with van der Waals surface area (Å²) in [7, 11) is 0. The maximum atomic E-state index is 2.37. The fraction of sp³-hybridized carbons (Fsp3) is 0.444. The van der Waals surface area contributed by atoms with Gasteiger partial charge >= 0.3 is 0 Å². The highest BCUT2D eigenvalue weighted by atomic mass is 32.1. The minimum Gasteiger partial charge on any atom is -0.144 e. The van der Waals surface area contributed by atoms with Crippen molar-refractivity contribution in [3.63, 3.8) is 0 Å². The van der Waals surface area contributed by atoms with Gasteiger partial charge in [0.2, 0.25) is 0 Å². The van der Waals surface area contributed by atoms with Crippen molar-refractivity contribution in [3.05, 3.63) is 46.8 Å². The molecule has 2 rings (SSSR count). The molecule has 1 heteroatoms. The first-order chi connectivity index (χ1) is 8.68. The Labute approximate surface area is 121 Å². The highest BCUT2D eigenvalue weighted by molar-refractivity contribution is 7.13. The molecule has 0 aliphatic carbocycles. The fourth-order valence-corrected chi connectivity index (χ4v) is 2.79. The van der Waals surface area contributed by atoms with E-state index in [4.69, 9.17) is 0 Å². The Morgan fingerprint density at radius 1 is 0.789 bits per heavy atom. The van der Waals surface area contributed by atoms with Crippen LogP contribution in [0.2, 0.25) is 0 Å². The van der Waals surface area contributed by atoms with E-state index in [1.165, 1.54) is 21.6 Å². The summed E-state index contributed by atoms with van der Waals surface area (Å²) in [6.45, 7) is 13.7. The fourth-order valence-electron chi connectivity index (χ4n) is 2.08. The molecule has 2 aromatic rings. The van der Waals surface area contributed by atoms with E-state index in [9.17, 15) is 0 Å². The predicted octanol–water partition coefficient (Wildman–Crippen LogP) is 6.01. The number of benzene rings is 1. The Morgan fingerprint density at radius 2 is 1.32 bits per heavy atom. The molecular weight excluding hydrogens is 248 g/mol. The van der Waals surface area contributed by atoms with Crippen molar-refractivity contribution in [3.8, 4) is 10.4 Å². The second-order valence-corrected chi connectivity index (χ2v) is 8.22. The summed E-state index contributed by atoms with van der Waals surface area (Å²) in [5, 5.41) is 2.15. The second kappa shape index (κ2) is 4.79. The maximum Gasteiger partial charge on any atom is 0.0342 e. The van der Waals surface area contributed by atoms with Gasteiger partial charge in [-0.15, -0.1) is 11.3 Å². The molecule has 1 aromatic heterocycles. The van der Waals surface area contributed by atoms with Crippen LogP contribution < -0.4 is 0 Å². The summed E-state index contributed by atoms with van der Waals surface area (Å²) in [5.41, 5.74) is 4.57. The maximum absolute atomic E-state index is 2.37. The third-order valence-corrected chi connectivity index (χ3v) is 4.39. The van der Waals surface area contributed by atoms with Crippen molar-refractivity contribution < 1.29 is 0 Å². The molecule has 0 bridgehead atoms. The summed E-state index contributed by atoms with van der Waals surface area (Å²) < 4.78 is 0. The number of thiophene rings is 1. The normalized spacial score (nSPS) is 12.7. The Morgan fingerprint density at radius 3 is 1.68 bits per heavy atom. The molecule has 102 valence electrons. The van der Waals surface area contributed by atoms with Gasteiger partial charge in [-0.1, -0.05) is 53.7 Å². The molecule has 0 nitrogen and oxygen atoms in total. The first kappa shape index (κ1) is 14.3. The Kier molecular flexibility index (Phi) is 3.61. The highest BCUT2D eigenvalue weighted by Gasteiger charge is 2.20. The number of rotatable bonds is 1. The summed E-state index contributed by atoms with van der Waals surface area (Å²) in [6, 6.07) is 11.4. The number of hydrogen-bond acceptors (Lipinski definition) is 1. The van der Waals surface area contributed by atoms with Gasteiger partial charge in [0.1, 0.15) is 0 Å². The van der Waals surface area contributed by atoms with Gasteiger partial charge in [0.25, 0.3) is 0 Å². The highest BCUT2D eigenvalue weighted by Crippen LogP contribution is 2.35. The zero-order valence-electron chi connectivity index (χ0n) is 12.9. The van der Waals surface area contributed by atoms with Gasteiger partial charge in [0.05, 0.1) is 0 Å². The van der Waals surface area contributed by atoms with Gasteiger partial charge < -0.3 is 0 Å². The average molecular weight is 272 g/mol. The van der Waals surface area contributed by atoms with Gasteiger partial charge in [-0.3, -0.25) is 0 Å². The monoisotopic (exact) mass is 272 g/mol. The van der Waals surface area contributed by atoms with Crippen LogP contribution in [0.15, 0.2) is 35.7 Å². The van der Waals surface area contributed by atoms with Gasteiger partial charge in [-0.2, -0.15) is 0 Å². The third kappa shape index (κ3) is 3.27. The van der Waals surface area contributed by atoms with Gasteiger partial charge in [0.15, 0.2) is 0 Å². The molecule has 0 amide bonds. The zero-order valence-corrected chi connectivity index (χ0v) is 13.7. The van der Waals surface area contributed by atoms with E-state index < -0.39 is 0 Å². The van der Waals surface area contributed by atoms with Crippen molar-refractivity contribution in [1.82, 2.24) is 0 Å². The van der Waals surface area contributed by atoms with Crippen molar-refractivity contribution in [2.45, 2.75) is 52.4 Å². The molecule has 1 aromatic carbocycles. The molecule has 0 atom stereocenters. The van der Waals surface area contributed by atoms with Crippen LogP contribution in [0.3, 0.4) is 0 Å². The summed E-state index contributed by atoms with van der Waals surface area (Å²) in [4.78, 5) is 1.36. The van der Waals surface area contributed by atoms with E-state index in [1.807, 2.05) is 11.3 Å². The standard InChI is InChI=1S/C18H24S/c1-17(2,3)14-10-13(16-8-7-9-19-16)11-15(12-14)18(4,5)6/h7-12H,1-6H3. The van der Waals surface area contributed by atoms with Gasteiger partial charge in [0, 0.05) is 4.88 Å². The minimum atomic E-state index is 0.188. The van der Waals surface area contributed by atoms with E-state index in [-0.39, 0.29) is 10.8 Å². The van der Waals surface area contributed by atoms with E-state index in [1.54, 1.807) is 0 Å². The van der Waals surface area contributed by atoms with Crippen LogP contribution in [0.5, 0.6) is 0 Å². The van der Waals surface area contributed by atoms with Crippen LogP contribution in [-0.4, -0.2) is 0 Å². The van der Waals surface area contributed by atoms with E-state index in [0.29, 0.717) is 0 Å². The summed E-state index contributed by atoms with van der Waals surface area (Å²) >= 11 is 1.81. The lowest BCUT2D eigenvalue weighted by molar-refractivity contribution is 0.569. The Bertz CT molecular complexity index is 516. The summed E-state index contributed by atoms with van der Waals surface area (Å²) in [5.74, 6) is 0. The molecule has 0 saturated carbocycles. The van der Waals surface area contributed by atoms with Crippen LogP contribution in [0.25, 0.3) is 10.4 Å². The molecule has 0 N–H and O–H groups in total. The molecule has 0 fully saturated rings. The summed E-state index contributed by atoms with van der Waals surface area (Å²) in [6.07, 6.45) is 0. The largest absolute Gasteiger partial charge is 0.144 e. The van der Waals surface area contributed by atoms with Crippen molar-refractivity contribution in [2.75, 3.05) is 0 Å². The Hall–Kier alpha value is -1.08. The third-order valence-electron chi connectivity index (χ3n) is 3.47. The molecule has 0 unspecified atom stereocenters. The Balaban J connectivity index is 2.62. The zero-order chi connectivity index (χ0) is 14.3. The molecule has 0 radical (unpaired) electrons. The van der Waals surface area contributed by atoms with E-state index >= 15 is 0 Å². The molecule has 0 spiro atoms.